The Kier molecular flexibility index (Phi) is 7.09. The van der Waals surface area contributed by atoms with Crippen LogP contribution in [0.4, 0.5) is 16.8 Å². The van der Waals surface area contributed by atoms with Crippen molar-refractivity contribution in [3.8, 4) is 10.4 Å². The van der Waals surface area contributed by atoms with Crippen molar-refractivity contribution in [1.82, 2.24) is 24.9 Å². The molecule has 1 aliphatic carbocycles. The second-order valence-corrected chi connectivity index (χ2v) is 13.7. The van der Waals surface area contributed by atoms with E-state index in [0.29, 0.717) is 53.4 Å². The molecule has 3 aliphatic rings. The first-order valence-electron chi connectivity index (χ1n) is 13.8. The molecular formula is C28H33N7O4S2. The number of hydrogen-bond acceptors (Lipinski definition) is 9. The number of carbonyl (C=O) groups excluding carboxylic acids is 2. The first-order chi connectivity index (χ1) is 19.6. The smallest absolute Gasteiger partial charge is 0.256 e. The van der Waals surface area contributed by atoms with E-state index in [-0.39, 0.29) is 34.4 Å². The third-order valence-corrected chi connectivity index (χ3v) is 10.6. The predicted molar refractivity (Wildman–Crippen MR) is 158 cm³/mol. The second-order valence-electron chi connectivity index (χ2n) is 10.8. The van der Waals surface area contributed by atoms with Crippen LogP contribution in [0.5, 0.6) is 0 Å². The Labute approximate surface area is 243 Å². The molecule has 2 amide bonds. The van der Waals surface area contributed by atoms with E-state index in [1.165, 1.54) is 18.4 Å². The van der Waals surface area contributed by atoms with Crippen molar-refractivity contribution in [1.29, 1.82) is 0 Å². The second kappa shape index (κ2) is 10.5. The van der Waals surface area contributed by atoms with Gasteiger partial charge in [0.05, 0.1) is 27.1 Å². The van der Waals surface area contributed by atoms with Crippen molar-refractivity contribution in [3.05, 3.63) is 47.2 Å². The molecule has 0 bridgehead atoms. The number of piperazine rings is 1. The van der Waals surface area contributed by atoms with Crippen LogP contribution in [0.3, 0.4) is 0 Å². The number of fused-ring (bicyclic) bond motifs is 1. The fourth-order valence-corrected chi connectivity index (χ4v) is 7.53. The normalized spacial score (nSPS) is 20.0. The van der Waals surface area contributed by atoms with Gasteiger partial charge >= 0.3 is 0 Å². The van der Waals surface area contributed by atoms with E-state index in [4.69, 9.17) is 0 Å². The molecule has 4 heterocycles. The molecule has 6 rings (SSSR count). The SMILES string of the molecule is CNS(=O)(=O)c1cc(-c2sc(Nc3cccc(N4CCN[C@@H](C)C4=O)n3)nc2C)cc2c1C(=O)N([C@@H](C)C1CC1)C2. The molecule has 0 spiro atoms. The number of sulfonamides is 1. The van der Waals surface area contributed by atoms with Crippen LogP contribution < -0.4 is 20.3 Å². The molecule has 1 aromatic carbocycles. The summed E-state index contributed by atoms with van der Waals surface area (Å²) in [7, 11) is -2.54. The lowest BCUT2D eigenvalue weighted by atomic mass is 10.0. The number of pyridine rings is 1. The summed E-state index contributed by atoms with van der Waals surface area (Å²) >= 11 is 1.38. The summed E-state index contributed by atoms with van der Waals surface area (Å²) in [5.41, 5.74) is 2.38. The van der Waals surface area contributed by atoms with Crippen LogP contribution in [-0.4, -0.2) is 67.3 Å². The van der Waals surface area contributed by atoms with Gasteiger partial charge in [-0.3, -0.25) is 14.5 Å². The van der Waals surface area contributed by atoms with Crippen LogP contribution in [0.15, 0.2) is 35.2 Å². The number of rotatable bonds is 8. The summed E-state index contributed by atoms with van der Waals surface area (Å²) in [6.45, 7) is 7.36. The topological polar surface area (TPSA) is 137 Å². The molecule has 13 heteroatoms. The predicted octanol–water partition coefficient (Wildman–Crippen LogP) is 3.24. The standard InChI is InChI=1S/C28H33N7O4S2/c1-15-25(40-28(31-15)33-22-6-5-7-23(32-22)34-11-10-30-16(2)26(34)36)19-12-20-14-35(17(3)18-8-9-18)27(37)24(20)21(13-19)41(38,39)29-4/h5-7,12-13,16-18,29-30H,8-11,14H2,1-4H3,(H,31,32,33)/t16-,17-/m0/s1. The Bertz CT molecular complexity index is 1650. The lowest BCUT2D eigenvalue weighted by molar-refractivity contribution is -0.121. The van der Waals surface area contributed by atoms with Crippen LogP contribution in [0.2, 0.25) is 0 Å². The summed E-state index contributed by atoms with van der Waals surface area (Å²) in [6.07, 6.45) is 2.18. The molecule has 41 heavy (non-hydrogen) atoms. The number of anilines is 3. The van der Waals surface area contributed by atoms with E-state index in [1.54, 1.807) is 15.9 Å². The fourth-order valence-electron chi connectivity index (χ4n) is 5.58. The van der Waals surface area contributed by atoms with E-state index >= 15 is 0 Å². The Balaban J connectivity index is 1.32. The highest BCUT2D eigenvalue weighted by molar-refractivity contribution is 7.89. The maximum atomic E-state index is 13.4. The summed E-state index contributed by atoms with van der Waals surface area (Å²) in [6, 6.07) is 8.75. The van der Waals surface area contributed by atoms with E-state index in [2.05, 4.69) is 25.3 Å². The van der Waals surface area contributed by atoms with Gasteiger partial charge < -0.3 is 15.5 Å². The Morgan fingerprint density at radius 1 is 1.17 bits per heavy atom. The van der Waals surface area contributed by atoms with E-state index < -0.39 is 10.0 Å². The molecule has 3 N–H and O–H groups in total. The van der Waals surface area contributed by atoms with Gasteiger partial charge in [-0.2, -0.15) is 0 Å². The largest absolute Gasteiger partial charge is 0.331 e. The number of benzene rings is 1. The first kappa shape index (κ1) is 27.8. The van der Waals surface area contributed by atoms with Gasteiger partial charge in [0.15, 0.2) is 5.13 Å². The van der Waals surface area contributed by atoms with Crippen LogP contribution in [0.25, 0.3) is 10.4 Å². The summed E-state index contributed by atoms with van der Waals surface area (Å²) < 4.78 is 28.6. The van der Waals surface area contributed by atoms with Crippen LogP contribution >= 0.6 is 11.3 Å². The Hall–Kier alpha value is -3.39. The third-order valence-electron chi connectivity index (χ3n) is 8.08. The molecule has 0 unspecified atom stereocenters. The lowest BCUT2D eigenvalue weighted by Crippen LogP contribution is -2.54. The molecule has 216 valence electrons. The van der Waals surface area contributed by atoms with Gasteiger partial charge in [-0.05, 0) is 82.0 Å². The summed E-state index contributed by atoms with van der Waals surface area (Å²) in [5, 5.41) is 6.99. The van der Waals surface area contributed by atoms with Gasteiger partial charge in [-0.1, -0.05) is 17.4 Å². The minimum absolute atomic E-state index is 0.00501. The van der Waals surface area contributed by atoms with E-state index in [0.717, 1.165) is 23.4 Å². The number of aryl methyl sites for hydroxylation is 1. The van der Waals surface area contributed by atoms with Gasteiger partial charge in [0.1, 0.15) is 11.6 Å². The molecule has 2 aromatic heterocycles. The fraction of sp³-hybridized carbons (Fsp3) is 0.429. The molecule has 2 atom stereocenters. The number of nitrogens with one attached hydrogen (secondary N) is 3. The van der Waals surface area contributed by atoms with Gasteiger partial charge in [-0.25, -0.2) is 23.1 Å². The molecule has 11 nitrogen and oxygen atoms in total. The van der Waals surface area contributed by atoms with Crippen molar-refractivity contribution in [2.24, 2.45) is 5.92 Å². The molecule has 3 aromatic rings. The van der Waals surface area contributed by atoms with Gasteiger partial charge in [0.25, 0.3) is 5.91 Å². The minimum Gasteiger partial charge on any atom is -0.331 e. The maximum absolute atomic E-state index is 13.4. The average molecular weight is 596 g/mol. The van der Waals surface area contributed by atoms with E-state index in [1.807, 2.05) is 45.0 Å². The highest BCUT2D eigenvalue weighted by atomic mass is 32.2. The van der Waals surface area contributed by atoms with Crippen LogP contribution in [0, 0.1) is 12.8 Å². The average Bonchev–Trinajstić information content (AvgIpc) is 3.67. The number of carbonyl (C=O) groups is 2. The number of thiazole rings is 1. The van der Waals surface area contributed by atoms with Crippen molar-refractivity contribution in [3.63, 3.8) is 0 Å². The number of nitrogens with zero attached hydrogens (tertiary/aromatic N) is 4. The zero-order valence-corrected chi connectivity index (χ0v) is 25.0. The molecular weight excluding hydrogens is 562 g/mol. The quantitative estimate of drug-likeness (QED) is 0.361. The monoisotopic (exact) mass is 595 g/mol. The number of hydrogen-bond donors (Lipinski definition) is 3. The first-order valence-corrected chi connectivity index (χ1v) is 16.1. The van der Waals surface area contributed by atoms with Crippen molar-refractivity contribution < 1.29 is 18.0 Å². The van der Waals surface area contributed by atoms with E-state index in [9.17, 15) is 18.0 Å². The lowest BCUT2D eigenvalue weighted by Gasteiger charge is -2.30. The number of aromatic nitrogens is 2. The maximum Gasteiger partial charge on any atom is 0.256 e. The molecule has 2 aliphatic heterocycles. The van der Waals surface area contributed by atoms with Gasteiger partial charge in [-0.15, -0.1) is 0 Å². The molecule has 1 saturated heterocycles. The zero-order valence-electron chi connectivity index (χ0n) is 23.4. The number of amides is 2. The van der Waals surface area contributed by atoms with Crippen molar-refractivity contribution >= 4 is 49.9 Å². The van der Waals surface area contributed by atoms with Crippen LogP contribution in [-0.2, 0) is 21.4 Å². The summed E-state index contributed by atoms with van der Waals surface area (Å²) in [4.78, 5) is 39.7. The summed E-state index contributed by atoms with van der Waals surface area (Å²) in [5.74, 6) is 1.32. The Morgan fingerprint density at radius 3 is 2.68 bits per heavy atom. The van der Waals surface area contributed by atoms with Crippen molar-refractivity contribution in [2.75, 3.05) is 30.4 Å². The van der Waals surface area contributed by atoms with Gasteiger partial charge in [0.2, 0.25) is 15.9 Å². The highest BCUT2D eigenvalue weighted by Crippen LogP contribution is 2.42. The van der Waals surface area contributed by atoms with Crippen LogP contribution in [0.1, 0.15) is 48.3 Å². The van der Waals surface area contributed by atoms with Crippen molar-refractivity contribution in [2.45, 2.75) is 57.1 Å². The molecule has 1 saturated carbocycles. The molecule has 0 radical (unpaired) electrons. The minimum atomic E-state index is -3.89. The zero-order chi connectivity index (χ0) is 29.1. The highest BCUT2D eigenvalue weighted by Gasteiger charge is 2.41. The Morgan fingerprint density at radius 2 is 1.95 bits per heavy atom. The molecule has 2 fully saturated rings. The third kappa shape index (κ3) is 5.11. The van der Waals surface area contributed by atoms with Gasteiger partial charge in [0, 0.05) is 25.7 Å².